The summed E-state index contributed by atoms with van der Waals surface area (Å²) in [6.45, 7) is 29.0. The molecule has 1 saturated carbocycles. The molecule has 0 amide bonds. The molecule has 4 heteroatoms. The Morgan fingerprint density at radius 2 is 0.479 bits per heavy atom. The molecule has 0 N–H and O–H groups in total. The van der Waals surface area contributed by atoms with Crippen LogP contribution in [-0.2, 0) is 0 Å². The van der Waals surface area contributed by atoms with Crippen LogP contribution in [0.4, 0.5) is 62.6 Å². The van der Waals surface area contributed by atoms with Gasteiger partial charge in [-0.25, -0.2) is 0 Å². The van der Waals surface area contributed by atoms with Gasteiger partial charge in [0.15, 0.2) is 0 Å². The molecule has 8 aromatic rings. The number of aryl methyl sites for hydroxylation is 13. The molecule has 0 aromatic heterocycles. The van der Waals surface area contributed by atoms with E-state index in [0.29, 0.717) is 6.04 Å². The van der Waals surface area contributed by atoms with Crippen molar-refractivity contribution in [1.82, 2.24) is 0 Å². The Kier molecular flexibility index (Phi) is 14.0. The van der Waals surface area contributed by atoms with Gasteiger partial charge in [0, 0.05) is 45.9 Å². The maximum Gasteiger partial charge on any atom is 0.0520 e. The maximum atomic E-state index is 2.60. The van der Waals surface area contributed by atoms with Gasteiger partial charge in [-0.05, 0) is 232 Å². The Balaban J connectivity index is 1.19. The van der Waals surface area contributed by atoms with Crippen LogP contribution in [0.25, 0.3) is 0 Å². The van der Waals surface area contributed by atoms with Crippen molar-refractivity contribution in [3.63, 3.8) is 0 Å². The van der Waals surface area contributed by atoms with Gasteiger partial charge in [0.05, 0.1) is 22.7 Å². The van der Waals surface area contributed by atoms with Crippen molar-refractivity contribution in [2.75, 3.05) is 19.6 Å². The van der Waals surface area contributed by atoms with Crippen LogP contribution in [0.15, 0.2) is 146 Å². The molecule has 0 radical (unpaired) electrons. The molecule has 0 bridgehead atoms. The molecule has 8 aromatic carbocycles. The minimum Gasteiger partial charge on any atom is -0.338 e. The molecule has 0 unspecified atom stereocenters. The third-order valence-corrected chi connectivity index (χ3v) is 14.8. The minimum absolute atomic E-state index is 0.475. The highest BCUT2D eigenvalue weighted by Crippen LogP contribution is 2.47. The van der Waals surface area contributed by atoms with Crippen molar-refractivity contribution in [2.24, 2.45) is 0 Å². The summed E-state index contributed by atoms with van der Waals surface area (Å²) in [5.74, 6) is 0. The van der Waals surface area contributed by atoms with Crippen LogP contribution in [0.1, 0.15) is 104 Å². The summed E-state index contributed by atoms with van der Waals surface area (Å²) in [6.07, 6.45) is 6.29. The first-order valence-electron chi connectivity index (χ1n) is 25.9. The van der Waals surface area contributed by atoms with E-state index in [-0.39, 0.29) is 0 Å². The molecule has 362 valence electrons. The van der Waals surface area contributed by atoms with Gasteiger partial charge < -0.3 is 19.6 Å². The van der Waals surface area contributed by atoms with Crippen molar-refractivity contribution < 1.29 is 0 Å². The Labute approximate surface area is 426 Å². The fourth-order valence-electron chi connectivity index (χ4n) is 12.2. The predicted molar refractivity (Wildman–Crippen MR) is 308 cm³/mol. The quantitative estimate of drug-likeness (QED) is 0.121. The first kappa shape index (κ1) is 49.0. The van der Waals surface area contributed by atoms with Crippen LogP contribution < -0.4 is 19.6 Å². The lowest BCUT2D eigenvalue weighted by molar-refractivity contribution is 0.436. The molecule has 71 heavy (non-hydrogen) atoms. The van der Waals surface area contributed by atoms with E-state index in [9.17, 15) is 0 Å². The van der Waals surface area contributed by atoms with Crippen molar-refractivity contribution in [3.8, 4) is 0 Å². The van der Waals surface area contributed by atoms with Crippen LogP contribution in [0, 0.1) is 90.0 Å². The summed E-state index contributed by atoms with van der Waals surface area (Å²) in [4.78, 5) is 10.0. The molecule has 0 spiro atoms. The van der Waals surface area contributed by atoms with E-state index >= 15 is 0 Å². The molecule has 0 heterocycles. The lowest BCUT2D eigenvalue weighted by atomic mass is 9.93. The number of hydrogen-bond donors (Lipinski definition) is 0. The molecule has 1 fully saturated rings. The average Bonchev–Trinajstić information content (AvgIpc) is 3.31. The van der Waals surface area contributed by atoms with E-state index in [1.165, 1.54) is 139 Å². The van der Waals surface area contributed by atoms with Gasteiger partial charge in [-0.15, -0.1) is 0 Å². The van der Waals surface area contributed by atoms with E-state index in [0.717, 1.165) is 28.4 Å². The zero-order chi connectivity index (χ0) is 50.2. The van der Waals surface area contributed by atoms with E-state index in [2.05, 4.69) is 255 Å². The highest BCUT2D eigenvalue weighted by atomic mass is 15.2. The SMILES string of the molecule is Cc1ccc(N(c2ccc(N(c3ccc(N(c4c(C)cc(C)cc4C)c4c(C)cc(C)cc4C)cc3)c3ccc(N(c4c(C)cc(C)cc4C)c4c(C)cc(C)cc4C)cc3)cc2)C2CCCCC2)cc1. The number of anilines is 11. The molecule has 4 nitrogen and oxygen atoms in total. The topological polar surface area (TPSA) is 13.0 Å². The highest BCUT2D eigenvalue weighted by Gasteiger charge is 2.26. The second-order valence-electron chi connectivity index (χ2n) is 21.0. The fourth-order valence-corrected chi connectivity index (χ4v) is 12.2. The summed E-state index contributed by atoms with van der Waals surface area (Å²) in [5, 5.41) is 0. The van der Waals surface area contributed by atoms with Crippen LogP contribution in [-0.4, -0.2) is 6.04 Å². The number of benzene rings is 8. The smallest absolute Gasteiger partial charge is 0.0520 e. The second kappa shape index (κ2) is 20.4. The van der Waals surface area contributed by atoms with E-state index in [4.69, 9.17) is 0 Å². The van der Waals surface area contributed by atoms with Crippen LogP contribution in [0.3, 0.4) is 0 Å². The fraction of sp³-hybridized carbons (Fsp3) is 0.284. The Morgan fingerprint density at radius 3 is 0.746 bits per heavy atom. The van der Waals surface area contributed by atoms with Crippen molar-refractivity contribution in [1.29, 1.82) is 0 Å². The first-order chi connectivity index (χ1) is 34.1. The normalized spacial score (nSPS) is 12.8. The van der Waals surface area contributed by atoms with Crippen LogP contribution in [0.5, 0.6) is 0 Å². The minimum atomic E-state index is 0.475. The molecule has 0 atom stereocenters. The monoisotopic (exact) mass is 935 g/mol. The van der Waals surface area contributed by atoms with Gasteiger partial charge in [0.25, 0.3) is 0 Å². The number of nitrogens with zero attached hydrogens (tertiary/aromatic N) is 4. The molecule has 0 aliphatic heterocycles. The van der Waals surface area contributed by atoms with Crippen molar-refractivity contribution in [3.05, 3.63) is 218 Å². The summed E-state index contributed by atoms with van der Waals surface area (Å²) in [7, 11) is 0. The van der Waals surface area contributed by atoms with E-state index in [1.54, 1.807) is 0 Å². The van der Waals surface area contributed by atoms with Crippen molar-refractivity contribution >= 4 is 62.6 Å². The molecular formula is C67H74N4. The van der Waals surface area contributed by atoms with Gasteiger partial charge in [0.2, 0.25) is 0 Å². The van der Waals surface area contributed by atoms with Gasteiger partial charge in [-0.3, -0.25) is 0 Å². The molecular weight excluding hydrogens is 861 g/mol. The largest absolute Gasteiger partial charge is 0.338 e. The third kappa shape index (κ3) is 10.00. The Hall–Kier alpha value is -7.04. The van der Waals surface area contributed by atoms with Gasteiger partial charge in [-0.2, -0.15) is 0 Å². The zero-order valence-corrected chi connectivity index (χ0v) is 44.8. The van der Waals surface area contributed by atoms with Gasteiger partial charge >= 0.3 is 0 Å². The van der Waals surface area contributed by atoms with Crippen molar-refractivity contribution in [2.45, 2.75) is 128 Å². The number of rotatable bonds is 12. The van der Waals surface area contributed by atoms with Gasteiger partial charge in [-0.1, -0.05) is 108 Å². The van der Waals surface area contributed by atoms with Crippen LogP contribution >= 0.6 is 0 Å². The lowest BCUT2D eigenvalue weighted by Gasteiger charge is -2.37. The molecule has 1 aliphatic carbocycles. The zero-order valence-electron chi connectivity index (χ0n) is 44.8. The third-order valence-electron chi connectivity index (χ3n) is 14.8. The average molecular weight is 935 g/mol. The number of hydrogen-bond acceptors (Lipinski definition) is 4. The Morgan fingerprint density at radius 1 is 0.254 bits per heavy atom. The molecule has 1 aliphatic rings. The summed E-state index contributed by atoms with van der Waals surface area (Å²) in [6, 6.07) is 56.0. The molecule has 9 rings (SSSR count). The highest BCUT2D eigenvalue weighted by molar-refractivity contribution is 5.88. The standard InChI is InChI=1S/C67H74N4/c1-43-19-21-57(22-20-43)68(56-17-15-14-16-18-56)58-23-25-59(26-24-58)69(60-27-31-62(32-28-60)70(64-48(6)35-44(2)36-49(64)7)65-50(8)37-45(3)38-51(65)9)61-29-33-63(34-30-61)71(66-52(10)39-46(4)40-53(66)11)67-54(12)41-47(5)42-55(67)13/h19-42,56H,14-18H2,1-13H3. The van der Waals surface area contributed by atoms with E-state index < -0.39 is 0 Å². The lowest BCUT2D eigenvalue weighted by Crippen LogP contribution is -2.32. The molecule has 0 saturated heterocycles. The maximum absolute atomic E-state index is 2.60. The van der Waals surface area contributed by atoms with E-state index in [1.807, 2.05) is 0 Å². The Bertz CT molecular complexity index is 2820. The summed E-state index contributed by atoms with van der Waals surface area (Å²) in [5.41, 5.74) is 29.5. The summed E-state index contributed by atoms with van der Waals surface area (Å²) >= 11 is 0. The second-order valence-corrected chi connectivity index (χ2v) is 21.0. The summed E-state index contributed by atoms with van der Waals surface area (Å²) < 4.78 is 0. The van der Waals surface area contributed by atoms with Gasteiger partial charge in [0.1, 0.15) is 0 Å². The predicted octanol–water partition coefficient (Wildman–Crippen LogP) is 19.6. The first-order valence-corrected chi connectivity index (χ1v) is 25.9. The van der Waals surface area contributed by atoms with Crippen LogP contribution in [0.2, 0.25) is 0 Å².